The van der Waals surface area contributed by atoms with Gasteiger partial charge in [0.05, 0.1) is 48.8 Å². The highest BCUT2D eigenvalue weighted by Gasteiger charge is 2.90. The van der Waals surface area contributed by atoms with E-state index in [-0.39, 0.29) is 43.7 Å². The van der Waals surface area contributed by atoms with Crippen molar-refractivity contribution < 1.29 is 48.0 Å². The Labute approximate surface area is 245 Å². The molecular formula is C32H42O10. The minimum Gasteiger partial charge on any atom is -0.472 e. The number of fused-ring (bicyclic) bond motifs is 1. The normalized spacial score (nSPS) is 52.1. The van der Waals surface area contributed by atoms with Crippen LogP contribution in [0.15, 0.2) is 23.0 Å². The molecule has 0 amide bonds. The highest BCUT2D eigenvalue weighted by Crippen LogP contribution is 2.82. The van der Waals surface area contributed by atoms with Crippen molar-refractivity contribution in [3.8, 4) is 0 Å². The van der Waals surface area contributed by atoms with E-state index in [1.807, 2.05) is 19.9 Å². The number of furan rings is 1. The number of ether oxygens (including phenoxy) is 4. The smallest absolute Gasteiger partial charge is 0.310 e. The van der Waals surface area contributed by atoms with E-state index in [1.54, 1.807) is 26.4 Å². The lowest BCUT2D eigenvalue weighted by molar-refractivity contribution is -0.372. The average molecular weight is 587 g/mol. The summed E-state index contributed by atoms with van der Waals surface area (Å²) in [7, 11) is 0. The molecule has 1 spiro atoms. The topological polar surface area (TPSA) is 145 Å². The van der Waals surface area contributed by atoms with Gasteiger partial charge >= 0.3 is 11.9 Å². The highest BCUT2D eigenvalue weighted by molar-refractivity contribution is 5.87. The molecule has 0 aromatic carbocycles. The fourth-order valence-corrected chi connectivity index (χ4v) is 11.1. The summed E-state index contributed by atoms with van der Waals surface area (Å²) in [4.78, 5) is 39.8. The molecule has 2 bridgehead atoms. The highest BCUT2D eigenvalue weighted by atomic mass is 16.7. The van der Waals surface area contributed by atoms with Gasteiger partial charge in [0, 0.05) is 41.9 Å². The zero-order chi connectivity index (χ0) is 30.2. The van der Waals surface area contributed by atoms with E-state index in [0.717, 1.165) is 5.56 Å². The SMILES string of the molecule is CC(=O)O[C@@H]1C[C@H](O)[C@@]23CO[C@@H](OC(=O)C(C)C)[C@@]1(C)[C@H]2C[C@@H](O)[C@@]1(C)[C@@H]3C(=O)C[C@@]2(C)[C@H](c3ccoc3)C[C@H]3O[C@]312. The van der Waals surface area contributed by atoms with Gasteiger partial charge in [-0.1, -0.05) is 27.7 Å². The Hall–Kier alpha value is -2.27. The lowest BCUT2D eigenvalue weighted by atomic mass is 9.33. The lowest BCUT2D eigenvalue weighted by Gasteiger charge is -2.72. The van der Waals surface area contributed by atoms with Gasteiger partial charge in [-0.25, -0.2) is 0 Å². The van der Waals surface area contributed by atoms with Crippen LogP contribution in [0, 0.1) is 39.4 Å². The Kier molecular flexibility index (Phi) is 5.88. The van der Waals surface area contributed by atoms with E-state index in [4.69, 9.17) is 23.4 Å². The van der Waals surface area contributed by atoms with Gasteiger partial charge in [0.2, 0.25) is 6.29 Å². The molecule has 10 heteroatoms. The number of esters is 2. The van der Waals surface area contributed by atoms with Crippen LogP contribution in [0.2, 0.25) is 0 Å². The van der Waals surface area contributed by atoms with Gasteiger partial charge in [-0.15, -0.1) is 0 Å². The first-order valence-corrected chi connectivity index (χ1v) is 15.3. The molecule has 1 aromatic heterocycles. The molecule has 7 rings (SSSR count). The maximum absolute atomic E-state index is 14.7. The molecular weight excluding hydrogens is 544 g/mol. The summed E-state index contributed by atoms with van der Waals surface area (Å²) in [5.74, 6) is -2.75. The van der Waals surface area contributed by atoms with Gasteiger partial charge in [-0.2, -0.15) is 0 Å². The van der Waals surface area contributed by atoms with Crippen LogP contribution in [0.1, 0.15) is 78.7 Å². The molecule has 42 heavy (non-hydrogen) atoms. The summed E-state index contributed by atoms with van der Waals surface area (Å²) in [5.41, 5.74) is -3.57. The third-order valence-electron chi connectivity index (χ3n) is 12.8. The zero-order valence-electron chi connectivity index (χ0n) is 25.1. The number of hydrogen-bond acceptors (Lipinski definition) is 10. The molecule has 230 valence electrons. The first-order chi connectivity index (χ1) is 19.7. The van der Waals surface area contributed by atoms with Crippen molar-refractivity contribution in [2.24, 2.45) is 39.4 Å². The average Bonchev–Trinajstić information content (AvgIpc) is 3.27. The molecule has 0 unspecified atom stereocenters. The van der Waals surface area contributed by atoms with E-state index in [1.165, 1.54) is 6.92 Å². The van der Waals surface area contributed by atoms with Crippen molar-refractivity contribution in [2.75, 3.05) is 6.61 Å². The maximum atomic E-state index is 14.7. The van der Waals surface area contributed by atoms with Gasteiger partial charge in [0.1, 0.15) is 17.5 Å². The summed E-state index contributed by atoms with van der Waals surface area (Å²) in [6.07, 6.45) is 0.474. The Morgan fingerprint density at radius 2 is 1.81 bits per heavy atom. The molecule has 6 aliphatic rings. The Morgan fingerprint density at radius 1 is 1.07 bits per heavy atom. The summed E-state index contributed by atoms with van der Waals surface area (Å²) >= 11 is 0. The Morgan fingerprint density at radius 3 is 2.45 bits per heavy atom. The molecule has 1 aromatic rings. The molecule has 3 heterocycles. The molecule has 6 fully saturated rings. The van der Waals surface area contributed by atoms with E-state index >= 15 is 0 Å². The van der Waals surface area contributed by atoms with Crippen LogP contribution in [0.25, 0.3) is 0 Å². The summed E-state index contributed by atoms with van der Waals surface area (Å²) in [5, 5.41) is 24.3. The fourth-order valence-electron chi connectivity index (χ4n) is 11.1. The van der Waals surface area contributed by atoms with Crippen LogP contribution >= 0.6 is 0 Å². The van der Waals surface area contributed by atoms with E-state index < -0.39 is 81.6 Å². The summed E-state index contributed by atoms with van der Waals surface area (Å²) in [6, 6.07) is 1.94. The number of epoxide rings is 1. The molecule has 4 aliphatic carbocycles. The second-order valence-corrected chi connectivity index (χ2v) is 14.8. The van der Waals surface area contributed by atoms with Crippen LogP contribution in [0.3, 0.4) is 0 Å². The monoisotopic (exact) mass is 586 g/mol. The number of carbonyl (C=O) groups excluding carboxylic acids is 3. The zero-order valence-corrected chi connectivity index (χ0v) is 25.1. The van der Waals surface area contributed by atoms with E-state index in [9.17, 15) is 24.6 Å². The Bertz CT molecular complexity index is 1320. The molecule has 10 nitrogen and oxygen atoms in total. The number of hydrogen-bond donors (Lipinski definition) is 2. The molecule has 2 aliphatic heterocycles. The Balaban J connectivity index is 1.36. The fraction of sp³-hybridized carbons (Fsp3) is 0.781. The lowest BCUT2D eigenvalue weighted by Crippen LogP contribution is -2.80. The van der Waals surface area contributed by atoms with Gasteiger partial charge in [0.15, 0.2) is 0 Å². The van der Waals surface area contributed by atoms with Gasteiger partial charge in [-0.3, -0.25) is 14.4 Å². The quantitative estimate of drug-likeness (QED) is 0.399. The molecule has 4 saturated carbocycles. The van der Waals surface area contributed by atoms with Gasteiger partial charge in [-0.05, 0) is 43.2 Å². The number of carbonyl (C=O) groups is 3. The van der Waals surface area contributed by atoms with Crippen LogP contribution < -0.4 is 0 Å². The van der Waals surface area contributed by atoms with Crippen molar-refractivity contribution in [1.29, 1.82) is 0 Å². The number of aliphatic hydroxyl groups is 2. The van der Waals surface area contributed by atoms with Gasteiger partial charge in [0.25, 0.3) is 0 Å². The first-order valence-electron chi connectivity index (χ1n) is 15.3. The predicted octanol–water partition coefficient (Wildman–Crippen LogP) is 3.13. The van der Waals surface area contributed by atoms with Gasteiger partial charge < -0.3 is 33.6 Å². The standard InChI is InChI=1S/C32H42O10/c1-15(2)26(37)41-27-29(5)20-10-21(35)30(6)25(31(20,14-39-27)22(36)11-23(29)40-16(3)33)19(34)12-28(4)18(17-7-8-38-13-17)9-24-32(28,30)42-24/h7-8,13,15,18,20-25,27,35-36H,9-12,14H2,1-6H3/t18-,20+,21+,22-,23+,24+,25-,27-,28-,29-,30-,31+,32-/m0/s1. The predicted molar refractivity (Wildman–Crippen MR) is 144 cm³/mol. The van der Waals surface area contributed by atoms with E-state index in [2.05, 4.69) is 6.92 Å². The third kappa shape index (κ3) is 3.07. The minimum absolute atomic E-state index is 0.0245. The summed E-state index contributed by atoms with van der Waals surface area (Å²) in [6.45, 7) is 10.6. The van der Waals surface area contributed by atoms with Crippen molar-refractivity contribution in [2.45, 2.75) is 109 Å². The van der Waals surface area contributed by atoms with Crippen molar-refractivity contribution >= 4 is 17.7 Å². The molecule has 2 saturated heterocycles. The molecule has 2 N–H and O–H groups in total. The maximum Gasteiger partial charge on any atom is 0.310 e. The largest absolute Gasteiger partial charge is 0.472 e. The van der Waals surface area contributed by atoms with Crippen LogP contribution in [-0.4, -0.2) is 70.8 Å². The van der Waals surface area contributed by atoms with Crippen molar-refractivity contribution in [3.05, 3.63) is 24.2 Å². The number of rotatable bonds is 4. The number of Topliss-reactive ketones (excluding diaryl/α,β-unsaturated/α-hetero) is 1. The number of ketones is 1. The molecule has 0 radical (unpaired) electrons. The second-order valence-electron chi connectivity index (χ2n) is 14.8. The molecule has 13 atom stereocenters. The van der Waals surface area contributed by atoms with E-state index in [0.29, 0.717) is 6.42 Å². The first kappa shape index (κ1) is 28.5. The minimum atomic E-state index is -1.12. The van der Waals surface area contributed by atoms with Crippen LogP contribution in [0.4, 0.5) is 0 Å². The van der Waals surface area contributed by atoms with Crippen LogP contribution in [-0.2, 0) is 33.3 Å². The third-order valence-corrected chi connectivity index (χ3v) is 12.8. The van der Waals surface area contributed by atoms with Crippen molar-refractivity contribution in [1.82, 2.24) is 0 Å². The van der Waals surface area contributed by atoms with Crippen LogP contribution in [0.5, 0.6) is 0 Å². The van der Waals surface area contributed by atoms with Crippen molar-refractivity contribution in [3.63, 3.8) is 0 Å². The summed E-state index contributed by atoms with van der Waals surface area (Å²) < 4.78 is 30.1. The number of aliphatic hydroxyl groups excluding tert-OH is 2. The second kappa shape index (κ2) is 8.67.